The largest absolute Gasteiger partial charge is 0.505 e. The second-order valence-corrected chi connectivity index (χ2v) is 5.43. The van der Waals surface area contributed by atoms with E-state index in [0.717, 1.165) is 18.2 Å². The third-order valence-electron chi connectivity index (χ3n) is 3.64. The Morgan fingerprint density at radius 1 is 1.12 bits per heavy atom. The van der Waals surface area contributed by atoms with Crippen LogP contribution in [0.3, 0.4) is 0 Å². The minimum Gasteiger partial charge on any atom is -0.505 e. The average molecular weight is 371 g/mol. The van der Waals surface area contributed by atoms with Crippen LogP contribution in [0.5, 0.6) is 5.75 Å². The number of aromatic nitrogens is 1. The first-order valence-electron chi connectivity index (χ1n) is 7.20. The van der Waals surface area contributed by atoms with Crippen molar-refractivity contribution in [3.05, 3.63) is 64.9 Å². The molecule has 0 saturated carbocycles. The number of aromatic amines is 1. The fourth-order valence-corrected chi connectivity index (χ4v) is 2.37. The van der Waals surface area contributed by atoms with Crippen molar-refractivity contribution in [2.45, 2.75) is 12.8 Å². The minimum atomic E-state index is -4.87. The third-order valence-corrected chi connectivity index (χ3v) is 3.64. The Bertz CT molecular complexity index is 994. The lowest BCUT2D eigenvalue weighted by Crippen LogP contribution is -2.10. The van der Waals surface area contributed by atoms with E-state index >= 15 is 0 Å². The fraction of sp³-hybridized carbons (Fsp3) is 0.118. The highest BCUT2D eigenvalue weighted by atomic mass is 19.4. The summed E-state index contributed by atoms with van der Waals surface area (Å²) in [5.74, 6) is -3.90. The number of benzene rings is 2. The lowest BCUT2D eigenvalue weighted by Gasteiger charge is -2.10. The van der Waals surface area contributed by atoms with Crippen molar-refractivity contribution < 1.29 is 36.6 Å². The standard InChI is InChI=1S/C17H10F5NO3/c18-11-2-1-8(5-10(11)17(20,21)22)7-26-16(25)13-6-9-12(23-13)3-4-14(24)15(9)19/h1-6,23-24H,7H2. The summed E-state index contributed by atoms with van der Waals surface area (Å²) in [7, 11) is 0. The zero-order valence-corrected chi connectivity index (χ0v) is 12.8. The summed E-state index contributed by atoms with van der Waals surface area (Å²) in [5.41, 5.74) is -1.45. The Balaban J connectivity index is 1.78. The van der Waals surface area contributed by atoms with Gasteiger partial charge >= 0.3 is 12.1 Å². The van der Waals surface area contributed by atoms with Gasteiger partial charge in [-0.3, -0.25) is 0 Å². The van der Waals surface area contributed by atoms with Gasteiger partial charge in [0.25, 0.3) is 0 Å². The highest BCUT2D eigenvalue weighted by Crippen LogP contribution is 2.32. The number of phenolic OH excluding ortho intramolecular Hbond substituents is 1. The van der Waals surface area contributed by atoms with Gasteiger partial charge in [0.05, 0.1) is 5.56 Å². The number of ether oxygens (including phenoxy) is 1. The normalized spacial score (nSPS) is 11.7. The first-order chi connectivity index (χ1) is 12.2. The Morgan fingerprint density at radius 2 is 1.85 bits per heavy atom. The van der Waals surface area contributed by atoms with Gasteiger partial charge in [-0.05, 0) is 35.9 Å². The molecule has 1 heterocycles. The highest BCUT2D eigenvalue weighted by Gasteiger charge is 2.34. The molecule has 9 heteroatoms. The quantitative estimate of drug-likeness (QED) is 0.525. The Labute approximate surface area is 142 Å². The van der Waals surface area contributed by atoms with Gasteiger partial charge in [-0.1, -0.05) is 6.07 Å². The number of halogens is 5. The number of hydrogen-bond acceptors (Lipinski definition) is 3. The zero-order valence-electron chi connectivity index (χ0n) is 12.8. The van der Waals surface area contributed by atoms with Gasteiger partial charge in [-0.25, -0.2) is 13.6 Å². The van der Waals surface area contributed by atoms with Crippen LogP contribution in [0.25, 0.3) is 10.9 Å². The predicted octanol–water partition coefficient (Wildman–Crippen LogP) is 4.53. The summed E-state index contributed by atoms with van der Waals surface area (Å²) in [6.07, 6.45) is -4.87. The number of nitrogens with one attached hydrogen (secondary N) is 1. The van der Waals surface area contributed by atoms with E-state index < -0.39 is 41.7 Å². The number of carbonyl (C=O) groups is 1. The number of aromatic hydroxyl groups is 1. The van der Waals surface area contributed by atoms with Crippen LogP contribution < -0.4 is 0 Å². The number of alkyl halides is 3. The van der Waals surface area contributed by atoms with E-state index in [0.29, 0.717) is 12.1 Å². The summed E-state index contributed by atoms with van der Waals surface area (Å²) in [4.78, 5) is 14.6. The average Bonchev–Trinajstić information content (AvgIpc) is 3.01. The molecule has 0 spiro atoms. The van der Waals surface area contributed by atoms with E-state index in [2.05, 4.69) is 4.98 Å². The maximum Gasteiger partial charge on any atom is 0.419 e. The lowest BCUT2D eigenvalue weighted by molar-refractivity contribution is -0.140. The van der Waals surface area contributed by atoms with Crippen LogP contribution in [0.15, 0.2) is 36.4 Å². The molecule has 0 atom stereocenters. The molecule has 0 aliphatic heterocycles. The molecule has 0 unspecified atom stereocenters. The molecule has 2 aromatic carbocycles. The molecule has 4 nitrogen and oxygen atoms in total. The number of fused-ring (bicyclic) bond motifs is 1. The first kappa shape index (κ1) is 17.7. The van der Waals surface area contributed by atoms with E-state index in [4.69, 9.17) is 4.74 Å². The van der Waals surface area contributed by atoms with Crippen LogP contribution in [0.4, 0.5) is 22.0 Å². The zero-order chi connectivity index (χ0) is 19.1. The van der Waals surface area contributed by atoms with Gasteiger partial charge in [-0.2, -0.15) is 13.2 Å². The van der Waals surface area contributed by atoms with Crippen LogP contribution in [0.2, 0.25) is 0 Å². The van der Waals surface area contributed by atoms with Crippen molar-refractivity contribution in [1.29, 1.82) is 0 Å². The summed E-state index contributed by atoms with van der Waals surface area (Å²) in [6.45, 7) is -0.536. The summed E-state index contributed by atoms with van der Waals surface area (Å²) in [5, 5.41) is 9.26. The van der Waals surface area contributed by atoms with Crippen molar-refractivity contribution in [2.75, 3.05) is 0 Å². The molecule has 1 aromatic heterocycles. The van der Waals surface area contributed by atoms with Crippen molar-refractivity contribution in [3.8, 4) is 5.75 Å². The van der Waals surface area contributed by atoms with E-state index in [1.165, 1.54) is 6.07 Å². The van der Waals surface area contributed by atoms with Gasteiger partial charge in [0.2, 0.25) is 0 Å². The van der Waals surface area contributed by atoms with Gasteiger partial charge in [-0.15, -0.1) is 0 Å². The number of carbonyl (C=O) groups excluding carboxylic acids is 1. The van der Waals surface area contributed by atoms with Crippen LogP contribution in [0, 0.1) is 11.6 Å². The molecule has 0 bridgehead atoms. The monoisotopic (exact) mass is 371 g/mol. The summed E-state index contributed by atoms with van der Waals surface area (Å²) < 4.78 is 69.9. The molecule has 136 valence electrons. The highest BCUT2D eigenvalue weighted by molar-refractivity contribution is 5.95. The summed E-state index contributed by atoms with van der Waals surface area (Å²) in [6, 6.07) is 5.79. The molecule has 3 aromatic rings. The third kappa shape index (κ3) is 3.32. The van der Waals surface area contributed by atoms with Gasteiger partial charge < -0.3 is 14.8 Å². The number of rotatable bonds is 3. The van der Waals surface area contributed by atoms with Crippen molar-refractivity contribution >= 4 is 16.9 Å². The molecule has 2 N–H and O–H groups in total. The molecule has 3 rings (SSSR count). The van der Waals surface area contributed by atoms with Crippen molar-refractivity contribution in [3.63, 3.8) is 0 Å². The summed E-state index contributed by atoms with van der Waals surface area (Å²) >= 11 is 0. The van der Waals surface area contributed by atoms with Gasteiger partial charge in [0.15, 0.2) is 11.6 Å². The van der Waals surface area contributed by atoms with E-state index in [-0.39, 0.29) is 22.2 Å². The SMILES string of the molecule is O=C(OCc1ccc(F)c(C(F)(F)F)c1)c1cc2c(F)c(O)ccc2[nH]1. The van der Waals surface area contributed by atoms with Crippen LogP contribution in [-0.2, 0) is 17.5 Å². The van der Waals surface area contributed by atoms with E-state index in [9.17, 15) is 31.9 Å². The molecule has 0 radical (unpaired) electrons. The predicted molar refractivity (Wildman–Crippen MR) is 80.4 cm³/mol. The molecular formula is C17H10F5NO3. The molecule has 0 saturated heterocycles. The van der Waals surface area contributed by atoms with Gasteiger partial charge in [0.1, 0.15) is 18.1 Å². The smallest absolute Gasteiger partial charge is 0.419 e. The molecule has 0 amide bonds. The van der Waals surface area contributed by atoms with Gasteiger partial charge in [0, 0.05) is 10.9 Å². The number of hydrogen-bond donors (Lipinski definition) is 2. The number of H-pyrrole nitrogens is 1. The Kier molecular flexibility index (Phi) is 4.31. The molecule has 0 aliphatic carbocycles. The minimum absolute atomic E-state index is 0.0434. The maximum atomic E-state index is 13.8. The second kappa shape index (κ2) is 6.32. The van der Waals surface area contributed by atoms with Crippen LogP contribution >= 0.6 is 0 Å². The topological polar surface area (TPSA) is 62.3 Å². The van der Waals surface area contributed by atoms with Crippen molar-refractivity contribution in [2.24, 2.45) is 0 Å². The number of esters is 1. The molecule has 0 fully saturated rings. The number of phenols is 1. The molecule has 26 heavy (non-hydrogen) atoms. The van der Waals surface area contributed by atoms with Crippen molar-refractivity contribution in [1.82, 2.24) is 4.98 Å². The van der Waals surface area contributed by atoms with E-state index in [1.807, 2.05) is 0 Å². The van der Waals surface area contributed by atoms with Crippen LogP contribution in [0.1, 0.15) is 21.6 Å². The van der Waals surface area contributed by atoms with Crippen LogP contribution in [-0.4, -0.2) is 16.1 Å². The lowest BCUT2D eigenvalue weighted by atomic mass is 10.1. The second-order valence-electron chi connectivity index (χ2n) is 5.43. The molecular weight excluding hydrogens is 361 g/mol. The molecule has 0 aliphatic rings. The van der Waals surface area contributed by atoms with E-state index in [1.54, 1.807) is 0 Å². The maximum absolute atomic E-state index is 13.8. The Morgan fingerprint density at radius 3 is 2.54 bits per heavy atom. The Hall–Kier alpha value is -3.10. The first-order valence-corrected chi connectivity index (χ1v) is 7.20. The fourth-order valence-electron chi connectivity index (χ4n) is 2.37.